The predicted molar refractivity (Wildman–Crippen MR) is 77.1 cm³/mol. The van der Waals surface area contributed by atoms with Gasteiger partial charge in [0.05, 0.1) is 11.4 Å². The zero-order valence-corrected chi connectivity index (χ0v) is 12.9. The number of methoxy groups -OCH3 is 1. The Balaban J connectivity index is 2.52. The number of alkyl halides is 1. The molecule has 0 heterocycles. The third kappa shape index (κ3) is 5.38. The average molecular weight is 321 g/mol. The maximum Gasteiger partial charge on any atom is 0.0600 e. The molecule has 0 bridgehead atoms. The lowest BCUT2D eigenvalue weighted by atomic mass is 10.1. The van der Waals surface area contributed by atoms with Crippen LogP contribution < -0.4 is 0 Å². The van der Waals surface area contributed by atoms with E-state index >= 15 is 0 Å². The van der Waals surface area contributed by atoms with Crippen molar-refractivity contribution in [3.63, 3.8) is 0 Å². The first-order valence-electron chi connectivity index (χ1n) is 5.59. The molecule has 4 heteroatoms. The Hall–Kier alpha value is -0.0900. The van der Waals surface area contributed by atoms with Gasteiger partial charge in [0.1, 0.15) is 0 Å². The molecular weight excluding hydrogens is 302 g/mol. The van der Waals surface area contributed by atoms with E-state index in [2.05, 4.69) is 40.0 Å². The summed E-state index contributed by atoms with van der Waals surface area (Å²) in [4.78, 5) is 2.58. The Labute approximate surface area is 117 Å². The second-order valence-electron chi connectivity index (χ2n) is 4.34. The smallest absolute Gasteiger partial charge is 0.0600 e. The predicted octanol–water partition coefficient (Wildman–Crippen LogP) is 3.49. The first kappa shape index (κ1) is 15.0. The van der Waals surface area contributed by atoms with E-state index < -0.39 is 0 Å². The van der Waals surface area contributed by atoms with Gasteiger partial charge >= 0.3 is 0 Å². The molecular formula is C13H19BrClNO. The molecule has 0 saturated carbocycles. The molecule has 1 atom stereocenters. The minimum atomic E-state index is 0.349. The van der Waals surface area contributed by atoms with Crippen molar-refractivity contribution in [2.75, 3.05) is 27.3 Å². The molecule has 0 spiro atoms. The maximum absolute atomic E-state index is 6.21. The van der Waals surface area contributed by atoms with Crippen LogP contribution in [0, 0.1) is 6.92 Å². The summed E-state index contributed by atoms with van der Waals surface area (Å²) in [5, 5.41) is 0.842. The number of rotatable bonds is 6. The monoisotopic (exact) mass is 319 g/mol. The molecule has 1 unspecified atom stereocenters. The van der Waals surface area contributed by atoms with E-state index in [9.17, 15) is 0 Å². The SMILES string of the molecule is COCC(Br)CN(C)Cc1ccc(C)cc1Cl. The van der Waals surface area contributed by atoms with Gasteiger partial charge in [0, 0.05) is 25.2 Å². The fourth-order valence-corrected chi connectivity index (χ4v) is 2.76. The van der Waals surface area contributed by atoms with Crippen LogP contribution in [0.3, 0.4) is 0 Å². The van der Waals surface area contributed by atoms with Crippen molar-refractivity contribution in [2.45, 2.75) is 18.3 Å². The van der Waals surface area contributed by atoms with Crippen LogP contribution in [0.25, 0.3) is 0 Å². The number of hydrogen-bond donors (Lipinski definition) is 0. The maximum atomic E-state index is 6.21. The van der Waals surface area contributed by atoms with E-state index in [1.165, 1.54) is 5.56 Å². The van der Waals surface area contributed by atoms with Crippen molar-refractivity contribution < 1.29 is 4.74 Å². The van der Waals surface area contributed by atoms with Crippen LogP contribution in [0.2, 0.25) is 5.02 Å². The first-order chi connectivity index (χ1) is 8.02. The lowest BCUT2D eigenvalue weighted by Gasteiger charge is -2.20. The van der Waals surface area contributed by atoms with Gasteiger partial charge in [-0.1, -0.05) is 39.7 Å². The van der Waals surface area contributed by atoms with E-state index in [4.69, 9.17) is 16.3 Å². The molecule has 0 saturated heterocycles. The summed E-state index contributed by atoms with van der Waals surface area (Å²) in [7, 11) is 3.80. The number of hydrogen-bond acceptors (Lipinski definition) is 2. The molecule has 1 aromatic rings. The highest BCUT2D eigenvalue weighted by molar-refractivity contribution is 9.09. The summed E-state index contributed by atoms with van der Waals surface area (Å²) < 4.78 is 5.09. The van der Waals surface area contributed by atoms with E-state index in [0.29, 0.717) is 11.4 Å². The van der Waals surface area contributed by atoms with Crippen LogP contribution in [0.4, 0.5) is 0 Å². The van der Waals surface area contributed by atoms with Crippen molar-refractivity contribution in [2.24, 2.45) is 0 Å². The molecule has 96 valence electrons. The number of nitrogens with zero attached hydrogens (tertiary/aromatic N) is 1. The number of benzene rings is 1. The van der Waals surface area contributed by atoms with Gasteiger partial charge in [-0.2, -0.15) is 0 Å². The van der Waals surface area contributed by atoms with Gasteiger partial charge in [0.25, 0.3) is 0 Å². The minimum absolute atomic E-state index is 0.349. The Kier molecular flexibility index (Phi) is 6.49. The van der Waals surface area contributed by atoms with Gasteiger partial charge in [-0.15, -0.1) is 0 Å². The fourth-order valence-electron chi connectivity index (χ4n) is 1.71. The molecule has 0 amide bonds. The van der Waals surface area contributed by atoms with E-state index in [-0.39, 0.29) is 0 Å². The van der Waals surface area contributed by atoms with E-state index in [1.54, 1.807) is 7.11 Å². The van der Waals surface area contributed by atoms with Gasteiger partial charge in [0.2, 0.25) is 0 Å². The van der Waals surface area contributed by atoms with Crippen molar-refractivity contribution in [3.05, 3.63) is 34.3 Å². The van der Waals surface area contributed by atoms with Crippen LogP contribution in [0.5, 0.6) is 0 Å². The lowest BCUT2D eigenvalue weighted by molar-refractivity contribution is 0.185. The second-order valence-corrected chi connectivity index (χ2v) is 6.05. The molecule has 2 nitrogen and oxygen atoms in total. The highest BCUT2D eigenvalue weighted by atomic mass is 79.9. The number of aryl methyl sites for hydroxylation is 1. The summed E-state index contributed by atoms with van der Waals surface area (Å²) >= 11 is 9.79. The van der Waals surface area contributed by atoms with Crippen molar-refractivity contribution in [3.8, 4) is 0 Å². The molecule has 0 aliphatic carbocycles. The molecule has 0 aromatic heterocycles. The van der Waals surface area contributed by atoms with Crippen LogP contribution >= 0.6 is 27.5 Å². The number of halogens is 2. The van der Waals surface area contributed by atoms with E-state index in [0.717, 1.165) is 23.7 Å². The molecule has 0 N–H and O–H groups in total. The van der Waals surface area contributed by atoms with Crippen LogP contribution in [0.1, 0.15) is 11.1 Å². The topological polar surface area (TPSA) is 12.5 Å². The number of ether oxygens (including phenoxy) is 1. The van der Waals surface area contributed by atoms with Crippen molar-refractivity contribution >= 4 is 27.5 Å². The molecule has 0 radical (unpaired) electrons. The Morgan fingerprint density at radius 2 is 2.18 bits per heavy atom. The van der Waals surface area contributed by atoms with Crippen molar-refractivity contribution in [1.82, 2.24) is 4.90 Å². The first-order valence-corrected chi connectivity index (χ1v) is 6.89. The fraction of sp³-hybridized carbons (Fsp3) is 0.538. The van der Waals surface area contributed by atoms with Crippen LogP contribution in [-0.4, -0.2) is 37.0 Å². The molecule has 0 aliphatic rings. The van der Waals surface area contributed by atoms with Gasteiger partial charge < -0.3 is 9.64 Å². The summed E-state index contributed by atoms with van der Waals surface area (Å²) in [6.45, 7) is 4.54. The summed E-state index contributed by atoms with van der Waals surface area (Å²) in [6, 6.07) is 6.19. The molecule has 0 aliphatic heterocycles. The summed E-state index contributed by atoms with van der Waals surface area (Å²) in [5.74, 6) is 0. The molecule has 1 aromatic carbocycles. The van der Waals surface area contributed by atoms with Gasteiger partial charge in [-0.05, 0) is 31.2 Å². The Morgan fingerprint density at radius 1 is 1.47 bits per heavy atom. The lowest BCUT2D eigenvalue weighted by Crippen LogP contribution is -2.28. The standard InChI is InChI=1S/C13H19BrClNO/c1-10-4-5-11(13(15)6-10)7-16(2)8-12(14)9-17-3/h4-6,12H,7-9H2,1-3H3. The highest BCUT2D eigenvalue weighted by Gasteiger charge is 2.09. The van der Waals surface area contributed by atoms with Crippen molar-refractivity contribution in [1.29, 1.82) is 0 Å². The molecule has 1 rings (SSSR count). The third-order valence-electron chi connectivity index (χ3n) is 2.51. The van der Waals surface area contributed by atoms with Crippen LogP contribution in [0.15, 0.2) is 18.2 Å². The van der Waals surface area contributed by atoms with Crippen LogP contribution in [-0.2, 0) is 11.3 Å². The summed E-state index contributed by atoms with van der Waals surface area (Å²) in [6.07, 6.45) is 0. The molecule has 17 heavy (non-hydrogen) atoms. The van der Waals surface area contributed by atoms with Gasteiger partial charge in [-0.3, -0.25) is 0 Å². The molecule has 0 fully saturated rings. The second kappa shape index (κ2) is 7.37. The zero-order valence-electron chi connectivity index (χ0n) is 10.5. The van der Waals surface area contributed by atoms with E-state index in [1.807, 2.05) is 13.0 Å². The Bertz CT molecular complexity index is 359. The zero-order chi connectivity index (χ0) is 12.8. The van der Waals surface area contributed by atoms with Gasteiger partial charge in [0.15, 0.2) is 0 Å². The van der Waals surface area contributed by atoms with Gasteiger partial charge in [-0.25, -0.2) is 0 Å². The largest absolute Gasteiger partial charge is 0.383 e. The Morgan fingerprint density at radius 3 is 2.76 bits per heavy atom. The average Bonchev–Trinajstić information content (AvgIpc) is 2.22. The minimum Gasteiger partial charge on any atom is -0.383 e. The highest BCUT2D eigenvalue weighted by Crippen LogP contribution is 2.19. The quantitative estimate of drug-likeness (QED) is 0.744. The normalized spacial score (nSPS) is 13.1. The summed E-state index contributed by atoms with van der Waals surface area (Å²) in [5.41, 5.74) is 2.36. The third-order valence-corrected chi connectivity index (χ3v) is 3.41.